The van der Waals surface area contributed by atoms with Gasteiger partial charge in [0.05, 0.1) is 4.92 Å². The lowest BCUT2D eigenvalue weighted by atomic mass is 10.2. The number of aryl methyl sites for hydroxylation is 1. The van der Waals surface area contributed by atoms with Crippen molar-refractivity contribution >= 4 is 28.8 Å². The van der Waals surface area contributed by atoms with Gasteiger partial charge in [-0.2, -0.15) is 0 Å². The van der Waals surface area contributed by atoms with Crippen LogP contribution in [0, 0.1) is 17.0 Å². The Labute approximate surface area is 111 Å². The molecule has 0 aliphatic carbocycles. The highest BCUT2D eigenvalue weighted by Crippen LogP contribution is 2.29. The van der Waals surface area contributed by atoms with Gasteiger partial charge >= 0.3 is 5.69 Å². The predicted octanol–water partition coefficient (Wildman–Crippen LogP) is 2.99. The van der Waals surface area contributed by atoms with E-state index in [0.29, 0.717) is 10.0 Å². The van der Waals surface area contributed by atoms with Crippen molar-refractivity contribution in [1.82, 2.24) is 9.59 Å². The molecule has 6 nitrogen and oxygen atoms in total. The summed E-state index contributed by atoms with van der Waals surface area (Å²) in [6.07, 6.45) is 0. The fraction of sp³-hybridized carbons (Fsp3) is 0.200. The van der Waals surface area contributed by atoms with Gasteiger partial charge < -0.3 is 4.74 Å². The van der Waals surface area contributed by atoms with Crippen molar-refractivity contribution < 1.29 is 9.66 Å². The van der Waals surface area contributed by atoms with Crippen LogP contribution < -0.4 is 4.74 Å². The molecule has 1 heterocycles. The van der Waals surface area contributed by atoms with Crippen LogP contribution in [0.1, 0.15) is 11.3 Å². The van der Waals surface area contributed by atoms with Gasteiger partial charge in [0.2, 0.25) is 0 Å². The van der Waals surface area contributed by atoms with Gasteiger partial charge in [0.15, 0.2) is 5.75 Å². The zero-order valence-electron chi connectivity index (χ0n) is 9.29. The molecule has 0 aliphatic rings. The maximum Gasteiger partial charge on any atom is 0.311 e. The lowest BCUT2D eigenvalue weighted by molar-refractivity contribution is -0.386. The van der Waals surface area contributed by atoms with Crippen LogP contribution in [0.2, 0.25) is 4.34 Å². The van der Waals surface area contributed by atoms with Crippen molar-refractivity contribution in [3.63, 3.8) is 0 Å². The highest BCUT2D eigenvalue weighted by atomic mass is 35.5. The van der Waals surface area contributed by atoms with Crippen molar-refractivity contribution in [3.8, 4) is 5.75 Å². The molecule has 18 heavy (non-hydrogen) atoms. The second kappa shape index (κ2) is 5.28. The summed E-state index contributed by atoms with van der Waals surface area (Å²) in [5.74, 6) is 0.190. The highest BCUT2D eigenvalue weighted by molar-refractivity contribution is 7.10. The third-order valence-corrected chi connectivity index (χ3v) is 3.17. The van der Waals surface area contributed by atoms with E-state index in [0.717, 1.165) is 17.1 Å². The molecule has 94 valence electrons. The monoisotopic (exact) mass is 285 g/mol. The minimum absolute atomic E-state index is 0.0548. The molecule has 8 heteroatoms. The first-order valence-electron chi connectivity index (χ1n) is 4.92. The van der Waals surface area contributed by atoms with E-state index >= 15 is 0 Å². The number of halogens is 1. The van der Waals surface area contributed by atoms with Gasteiger partial charge in [-0.05, 0) is 18.6 Å². The molecule has 0 aliphatic heterocycles. The largest absolute Gasteiger partial charge is 0.480 e. The summed E-state index contributed by atoms with van der Waals surface area (Å²) in [6.45, 7) is 1.83. The van der Waals surface area contributed by atoms with Crippen molar-refractivity contribution in [2.24, 2.45) is 0 Å². The second-order valence-electron chi connectivity index (χ2n) is 3.51. The van der Waals surface area contributed by atoms with Gasteiger partial charge in [-0.15, -0.1) is 5.10 Å². The van der Waals surface area contributed by atoms with E-state index in [4.69, 9.17) is 16.3 Å². The first-order valence-corrected chi connectivity index (χ1v) is 6.07. The Morgan fingerprint density at radius 1 is 1.56 bits per heavy atom. The van der Waals surface area contributed by atoms with E-state index < -0.39 is 4.92 Å². The molecule has 2 aromatic rings. The Kier molecular flexibility index (Phi) is 3.73. The number of ether oxygens (including phenoxy) is 1. The Hall–Kier alpha value is -1.73. The first-order chi connectivity index (χ1) is 8.58. The minimum atomic E-state index is -0.483. The maximum atomic E-state index is 10.9. The fourth-order valence-electron chi connectivity index (χ4n) is 1.32. The molecule has 2 rings (SSSR count). The molecule has 0 saturated heterocycles. The molecule has 0 amide bonds. The number of nitrogens with zero attached hydrogens (tertiary/aromatic N) is 3. The summed E-state index contributed by atoms with van der Waals surface area (Å²) < 4.78 is 9.43. The van der Waals surface area contributed by atoms with Crippen molar-refractivity contribution in [2.75, 3.05) is 0 Å². The number of benzene rings is 1. The van der Waals surface area contributed by atoms with Gasteiger partial charge in [-0.1, -0.05) is 22.2 Å². The molecule has 1 aromatic carbocycles. The van der Waals surface area contributed by atoms with Gasteiger partial charge in [0, 0.05) is 17.6 Å². The Balaban J connectivity index is 2.19. The summed E-state index contributed by atoms with van der Waals surface area (Å²) in [4.78, 5) is 10.4. The lowest BCUT2D eigenvalue weighted by Crippen LogP contribution is -2.00. The van der Waals surface area contributed by atoms with Crippen molar-refractivity contribution in [3.05, 3.63) is 43.9 Å². The second-order valence-corrected chi connectivity index (χ2v) is 4.87. The van der Waals surface area contributed by atoms with Gasteiger partial charge in [0.1, 0.15) is 16.6 Å². The Morgan fingerprint density at radius 2 is 2.33 bits per heavy atom. The van der Waals surface area contributed by atoms with Gasteiger partial charge in [0.25, 0.3) is 0 Å². The summed E-state index contributed by atoms with van der Waals surface area (Å²) in [5.41, 5.74) is 1.19. The molecule has 0 spiro atoms. The van der Waals surface area contributed by atoms with Crippen LogP contribution >= 0.6 is 23.1 Å². The number of aromatic nitrogens is 2. The topological polar surface area (TPSA) is 78.2 Å². The predicted molar refractivity (Wildman–Crippen MR) is 67.1 cm³/mol. The van der Waals surface area contributed by atoms with Crippen LogP contribution in [0.3, 0.4) is 0 Å². The Bertz CT molecular complexity index is 587. The summed E-state index contributed by atoms with van der Waals surface area (Å²) in [5, 5.41) is 14.6. The minimum Gasteiger partial charge on any atom is -0.480 e. The molecular formula is C10H8ClN3O3S. The molecule has 0 unspecified atom stereocenters. The number of nitro benzene ring substituents is 1. The maximum absolute atomic E-state index is 10.9. The van der Waals surface area contributed by atoms with Crippen LogP contribution in [-0.4, -0.2) is 14.5 Å². The molecule has 1 aromatic heterocycles. The third kappa shape index (κ3) is 2.74. The van der Waals surface area contributed by atoms with E-state index in [1.807, 2.05) is 0 Å². The zero-order chi connectivity index (χ0) is 13.1. The summed E-state index contributed by atoms with van der Waals surface area (Å²) >= 11 is 6.86. The number of hydrogen-bond acceptors (Lipinski definition) is 6. The van der Waals surface area contributed by atoms with Crippen molar-refractivity contribution in [2.45, 2.75) is 13.5 Å². The third-order valence-electron chi connectivity index (χ3n) is 2.18. The van der Waals surface area contributed by atoms with Crippen LogP contribution in [0.25, 0.3) is 0 Å². The normalized spacial score (nSPS) is 10.3. The standard InChI is InChI=1S/C10H8ClN3O3S/c1-6-2-3-9(8(4-6)14(15)16)17-5-7-10(11)18-13-12-7/h2-4H,5H2,1H3. The molecule has 0 fully saturated rings. The SMILES string of the molecule is Cc1ccc(OCc2nnsc2Cl)c([N+](=O)[O-])c1. The average Bonchev–Trinajstić information content (AvgIpc) is 2.73. The van der Waals surface area contributed by atoms with Crippen LogP contribution in [0.4, 0.5) is 5.69 Å². The van der Waals surface area contributed by atoms with Gasteiger partial charge in [-0.3, -0.25) is 10.1 Å². The van der Waals surface area contributed by atoms with Gasteiger partial charge in [-0.25, -0.2) is 0 Å². The average molecular weight is 286 g/mol. The molecule has 0 radical (unpaired) electrons. The highest BCUT2D eigenvalue weighted by Gasteiger charge is 2.16. The molecule has 0 saturated carbocycles. The quantitative estimate of drug-likeness (QED) is 0.637. The van der Waals surface area contributed by atoms with E-state index in [-0.39, 0.29) is 18.0 Å². The van der Waals surface area contributed by atoms with Crippen molar-refractivity contribution in [1.29, 1.82) is 0 Å². The summed E-state index contributed by atoms with van der Waals surface area (Å²) in [7, 11) is 0. The van der Waals surface area contributed by atoms with E-state index in [1.54, 1.807) is 19.1 Å². The summed E-state index contributed by atoms with van der Waals surface area (Å²) in [6, 6.07) is 4.75. The van der Waals surface area contributed by atoms with E-state index in [1.165, 1.54) is 6.07 Å². The van der Waals surface area contributed by atoms with Crippen LogP contribution in [-0.2, 0) is 6.61 Å². The van der Waals surface area contributed by atoms with E-state index in [2.05, 4.69) is 9.59 Å². The molecular weight excluding hydrogens is 278 g/mol. The smallest absolute Gasteiger partial charge is 0.311 e. The van der Waals surface area contributed by atoms with Crippen LogP contribution in [0.5, 0.6) is 5.75 Å². The lowest BCUT2D eigenvalue weighted by Gasteiger charge is -2.05. The number of rotatable bonds is 4. The number of hydrogen-bond donors (Lipinski definition) is 0. The fourth-order valence-corrected chi connectivity index (χ4v) is 1.92. The molecule has 0 atom stereocenters. The van der Waals surface area contributed by atoms with E-state index in [9.17, 15) is 10.1 Å². The zero-order valence-corrected chi connectivity index (χ0v) is 10.9. The molecule has 0 N–H and O–H groups in total. The first kappa shape index (κ1) is 12.7. The van der Waals surface area contributed by atoms with Crippen LogP contribution in [0.15, 0.2) is 18.2 Å². The molecule has 0 bridgehead atoms. The number of nitro groups is 1. The Morgan fingerprint density at radius 3 is 2.94 bits per heavy atom.